The summed E-state index contributed by atoms with van der Waals surface area (Å²) in [6, 6.07) is 18.5. The van der Waals surface area contributed by atoms with Crippen LogP contribution in [0.25, 0.3) is 0 Å². The van der Waals surface area contributed by atoms with E-state index >= 15 is 0 Å². The van der Waals surface area contributed by atoms with Crippen LogP contribution in [0.1, 0.15) is 29.5 Å². The lowest BCUT2D eigenvalue weighted by molar-refractivity contribution is -0.00291. The Morgan fingerprint density at radius 2 is 1.93 bits per heavy atom. The van der Waals surface area contributed by atoms with E-state index in [1.165, 1.54) is 11.1 Å². The van der Waals surface area contributed by atoms with Crippen LogP contribution in [0.5, 0.6) is 0 Å². The van der Waals surface area contributed by atoms with Crippen LogP contribution in [0.4, 0.5) is 0 Å². The summed E-state index contributed by atoms with van der Waals surface area (Å²) in [4.78, 5) is 2.30. The fourth-order valence-corrected chi connectivity index (χ4v) is 3.55. The van der Waals surface area contributed by atoms with E-state index in [0.717, 1.165) is 38.1 Å². The Kier molecular flexibility index (Phi) is 7.84. The predicted octanol–water partition coefficient (Wildman–Crippen LogP) is 3.55. The normalized spacial score (nSPS) is 18.1. The lowest BCUT2D eigenvalue weighted by Gasteiger charge is -2.28. The maximum Gasteiger partial charge on any atom is 0.0900 e. The number of aliphatic hydroxyl groups excluding tert-OH is 1. The Hall–Kier alpha value is -1.72. The molecule has 0 aromatic heterocycles. The standard InChI is InChI=1S/C23H31NO3/c1-19-8-5-6-11-21(19)14-24(16-23-12-7-13-27-23)15-22(25)18-26-17-20-9-3-2-4-10-20/h2-6,8-11,22-23,25H,7,12-18H2,1H3. The smallest absolute Gasteiger partial charge is 0.0900 e. The quantitative estimate of drug-likeness (QED) is 0.695. The summed E-state index contributed by atoms with van der Waals surface area (Å²) in [7, 11) is 0. The van der Waals surface area contributed by atoms with E-state index < -0.39 is 6.10 Å². The number of benzene rings is 2. The molecule has 1 aliphatic heterocycles. The third-order valence-corrected chi connectivity index (χ3v) is 5.03. The van der Waals surface area contributed by atoms with Crippen molar-refractivity contribution in [2.75, 3.05) is 26.3 Å². The number of hydrogen-bond donors (Lipinski definition) is 1. The molecule has 2 atom stereocenters. The molecule has 1 aliphatic rings. The fourth-order valence-electron chi connectivity index (χ4n) is 3.55. The molecule has 4 heteroatoms. The lowest BCUT2D eigenvalue weighted by Crippen LogP contribution is -2.39. The highest BCUT2D eigenvalue weighted by Crippen LogP contribution is 2.17. The number of aryl methyl sites for hydroxylation is 1. The molecule has 0 aliphatic carbocycles. The Morgan fingerprint density at radius 3 is 2.67 bits per heavy atom. The zero-order valence-electron chi connectivity index (χ0n) is 16.2. The van der Waals surface area contributed by atoms with E-state index in [2.05, 4.69) is 36.1 Å². The number of hydrogen-bond acceptors (Lipinski definition) is 4. The van der Waals surface area contributed by atoms with Gasteiger partial charge in [0.1, 0.15) is 0 Å². The molecule has 3 rings (SSSR count). The monoisotopic (exact) mass is 369 g/mol. The summed E-state index contributed by atoms with van der Waals surface area (Å²) >= 11 is 0. The minimum Gasteiger partial charge on any atom is -0.389 e. The van der Waals surface area contributed by atoms with Gasteiger partial charge >= 0.3 is 0 Å². The molecule has 146 valence electrons. The van der Waals surface area contributed by atoms with Gasteiger partial charge in [0.25, 0.3) is 0 Å². The molecule has 0 saturated carbocycles. The molecule has 0 bridgehead atoms. The van der Waals surface area contributed by atoms with Gasteiger partial charge in [0.15, 0.2) is 0 Å². The highest BCUT2D eigenvalue weighted by atomic mass is 16.5. The predicted molar refractivity (Wildman–Crippen MR) is 108 cm³/mol. The molecule has 0 radical (unpaired) electrons. The third kappa shape index (κ3) is 6.74. The van der Waals surface area contributed by atoms with Gasteiger partial charge in [-0.05, 0) is 36.5 Å². The van der Waals surface area contributed by atoms with Gasteiger partial charge < -0.3 is 14.6 Å². The maximum atomic E-state index is 10.5. The Bertz CT molecular complexity index is 670. The second-order valence-corrected chi connectivity index (χ2v) is 7.41. The fraction of sp³-hybridized carbons (Fsp3) is 0.478. The molecule has 2 aromatic carbocycles. The highest BCUT2D eigenvalue weighted by Gasteiger charge is 2.21. The average Bonchev–Trinajstić information content (AvgIpc) is 3.17. The minimum absolute atomic E-state index is 0.270. The van der Waals surface area contributed by atoms with E-state index in [0.29, 0.717) is 19.8 Å². The van der Waals surface area contributed by atoms with Gasteiger partial charge in [-0.3, -0.25) is 4.90 Å². The highest BCUT2D eigenvalue weighted by molar-refractivity contribution is 5.25. The summed E-state index contributed by atoms with van der Waals surface area (Å²) in [5, 5.41) is 10.5. The summed E-state index contributed by atoms with van der Waals surface area (Å²) in [5.41, 5.74) is 3.71. The molecule has 0 spiro atoms. The van der Waals surface area contributed by atoms with Crippen molar-refractivity contribution in [2.45, 2.75) is 45.1 Å². The first-order valence-corrected chi connectivity index (χ1v) is 9.89. The summed E-state index contributed by atoms with van der Waals surface area (Å²) in [6.45, 7) is 6.12. The Balaban J connectivity index is 1.52. The third-order valence-electron chi connectivity index (χ3n) is 5.03. The average molecular weight is 370 g/mol. The number of nitrogens with zero attached hydrogens (tertiary/aromatic N) is 1. The van der Waals surface area contributed by atoms with Crippen molar-refractivity contribution < 1.29 is 14.6 Å². The molecule has 1 fully saturated rings. The van der Waals surface area contributed by atoms with Crippen molar-refractivity contribution in [3.63, 3.8) is 0 Å². The van der Waals surface area contributed by atoms with Crippen molar-refractivity contribution >= 4 is 0 Å². The zero-order valence-corrected chi connectivity index (χ0v) is 16.2. The number of aliphatic hydroxyl groups is 1. The van der Waals surface area contributed by atoms with E-state index in [-0.39, 0.29) is 6.10 Å². The molecular formula is C23H31NO3. The van der Waals surface area contributed by atoms with Crippen molar-refractivity contribution in [3.8, 4) is 0 Å². The first kappa shape index (κ1) is 20.0. The maximum absolute atomic E-state index is 10.5. The molecule has 1 N–H and O–H groups in total. The van der Waals surface area contributed by atoms with Gasteiger partial charge in [0, 0.05) is 26.2 Å². The molecule has 1 saturated heterocycles. The Labute approximate surface area is 162 Å². The van der Waals surface area contributed by atoms with Gasteiger partial charge in [-0.15, -0.1) is 0 Å². The second kappa shape index (κ2) is 10.6. The largest absolute Gasteiger partial charge is 0.389 e. The second-order valence-electron chi connectivity index (χ2n) is 7.41. The molecule has 0 amide bonds. The summed E-state index contributed by atoms with van der Waals surface area (Å²) in [6.07, 6.45) is 1.99. The van der Waals surface area contributed by atoms with Crippen LogP contribution in [0.2, 0.25) is 0 Å². The van der Waals surface area contributed by atoms with Gasteiger partial charge in [-0.1, -0.05) is 54.6 Å². The van der Waals surface area contributed by atoms with Crippen LogP contribution < -0.4 is 0 Å². The molecule has 2 unspecified atom stereocenters. The lowest BCUT2D eigenvalue weighted by atomic mass is 10.1. The first-order chi connectivity index (χ1) is 13.2. The van der Waals surface area contributed by atoms with Crippen LogP contribution in [0, 0.1) is 6.92 Å². The zero-order chi connectivity index (χ0) is 18.9. The Morgan fingerprint density at radius 1 is 1.15 bits per heavy atom. The van der Waals surface area contributed by atoms with Gasteiger partial charge in [0.05, 0.1) is 25.4 Å². The van der Waals surface area contributed by atoms with Crippen LogP contribution in [-0.2, 0) is 22.6 Å². The van der Waals surface area contributed by atoms with E-state index in [1.807, 2.05) is 30.3 Å². The van der Waals surface area contributed by atoms with Crippen molar-refractivity contribution in [1.82, 2.24) is 4.90 Å². The van der Waals surface area contributed by atoms with Crippen LogP contribution in [0.3, 0.4) is 0 Å². The molecule has 4 nitrogen and oxygen atoms in total. The first-order valence-electron chi connectivity index (χ1n) is 9.89. The summed E-state index contributed by atoms with van der Waals surface area (Å²) < 4.78 is 11.5. The number of ether oxygens (including phenoxy) is 2. The van der Waals surface area contributed by atoms with Gasteiger partial charge in [-0.25, -0.2) is 0 Å². The summed E-state index contributed by atoms with van der Waals surface area (Å²) in [5.74, 6) is 0. The van der Waals surface area contributed by atoms with E-state index in [1.54, 1.807) is 0 Å². The van der Waals surface area contributed by atoms with E-state index in [4.69, 9.17) is 9.47 Å². The van der Waals surface area contributed by atoms with Crippen molar-refractivity contribution in [3.05, 3.63) is 71.3 Å². The van der Waals surface area contributed by atoms with Crippen LogP contribution >= 0.6 is 0 Å². The van der Waals surface area contributed by atoms with Gasteiger partial charge in [0.2, 0.25) is 0 Å². The van der Waals surface area contributed by atoms with Crippen molar-refractivity contribution in [1.29, 1.82) is 0 Å². The number of rotatable bonds is 10. The van der Waals surface area contributed by atoms with E-state index in [9.17, 15) is 5.11 Å². The molecule has 2 aromatic rings. The molecular weight excluding hydrogens is 338 g/mol. The molecule has 1 heterocycles. The van der Waals surface area contributed by atoms with Crippen LogP contribution in [-0.4, -0.2) is 48.5 Å². The van der Waals surface area contributed by atoms with Crippen LogP contribution in [0.15, 0.2) is 54.6 Å². The minimum atomic E-state index is -0.515. The van der Waals surface area contributed by atoms with Crippen molar-refractivity contribution in [2.24, 2.45) is 0 Å². The van der Waals surface area contributed by atoms with Gasteiger partial charge in [-0.2, -0.15) is 0 Å². The topological polar surface area (TPSA) is 41.9 Å². The SMILES string of the molecule is Cc1ccccc1CN(CC(O)COCc1ccccc1)CC1CCCO1. The molecule has 27 heavy (non-hydrogen) atoms.